The highest BCUT2D eigenvalue weighted by atomic mass is 16.6. The summed E-state index contributed by atoms with van der Waals surface area (Å²) in [6.45, 7) is 3.49. The molecule has 27 heavy (non-hydrogen) atoms. The Morgan fingerprint density at radius 2 is 1.93 bits per heavy atom. The third-order valence-electron chi connectivity index (χ3n) is 3.60. The number of nitriles is 1. The predicted octanol–water partition coefficient (Wildman–Crippen LogP) is 1.84. The normalized spacial score (nSPS) is 10.7. The van der Waals surface area contributed by atoms with Gasteiger partial charge in [0.1, 0.15) is 11.8 Å². The molecule has 2 aromatic rings. The Hall–Kier alpha value is -3.60. The molecule has 1 N–H and O–H groups in total. The molecule has 0 amide bonds. The number of aromatic nitrogens is 1. The lowest BCUT2D eigenvalue weighted by Gasteiger charge is -2.11. The number of esters is 2. The molecule has 2 rings (SSSR count). The van der Waals surface area contributed by atoms with Gasteiger partial charge in [0, 0.05) is 6.20 Å². The molecule has 0 radical (unpaired) electrons. The van der Waals surface area contributed by atoms with Crippen LogP contribution in [0.4, 0.5) is 5.69 Å². The van der Waals surface area contributed by atoms with Crippen molar-refractivity contribution in [1.82, 2.24) is 4.40 Å². The largest absolute Gasteiger partial charge is 0.465 e. The van der Waals surface area contributed by atoms with Crippen LogP contribution in [-0.2, 0) is 19.1 Å². The fourth-order valence-electron chi connectivity index (χ4n) is 2.39. The molecule has 0 aliphatic heterocycles. The molecule has 0 atom stereocenters. The van der Waals surface area contributed by atoms with Crippen LogP contribution >= 0.6 is 0 Å². The lowest BCUT2D eigenvalue weighted by molar-refractivity contribution is -0.158. The van der Waals surface area contributed by atoms with Crippen LogP contribution in [0.2, 0.25) is 0 Å². The summed E-state index contributed by atoms with van der Waals surface area (Å²) in [5.74, 6) is -2.75. The van der Waals surface area contributed by atoms with Crippen LogP contribution in [0.15, 0.2) is 47.5 Å². The van der Waals surface area contributed by atoms with Crippen molar-refractivity contribution in [3.63, 3.8) is 0 Å². The Kier molecular flexibility index (Phi) is 6.72. The molecule has 0 spiro atoms. The van der Waals surface area contributed by atoms with Gasteiger partial charge in [-0.05, 0) is 44.3 Å². The van der Waals surface area contributed by atoms with Crippen molar-refractivity contribution in [3.8, 4) is 6.07 Å². The van der Waals surface area contributed by atoms with Gasteiger partial charge in [-0.1, -0.05) is 6.07 Å². The van der Waals surface area contributed by atoms with Gasteiger partial charge in [-0.25, -0.2) is 0 Å². The number of ether oxygens (including phenoxy) is 2. The Morgan fingerprint density at radius 3 is 2.52 bits per heavy atom. The van der Waals surface area contributed by atoms with Crippen LogP contribution in [0.25, 0.3) is 5.52 Å². The topological polar surface area (TPSA) is 110 Å². The van der Waals surface area contributed by atoms with Gasteiger partial charge in [0.25, 0.3) is 5.56 Å². The molecule has 0 aromatic carbocycles. The van der Waals surface area contributed by atoms with E-state index in [1.54, 1.807) is 38.2 Å². The highest BCUT2D eigenvalue weighted by molar-refractivity contribution is 5.97. The molecule has 140 valence electrons. The zero-order chi connectivity index (χ0) is 19.8. The molecule has 8 heteroatoms. The predicted molar refractivity (Wildman–Crippen MR) is 97.9 cm³/mol. The summed E-state index contributed by atoms with van der Waals surface area (Å²) in [6, 6.07) is 8.51. The van der Waals surface area contributed by atoms with Crippen LogP contribution in [0.1, 0.15) is 19.4 Å². The lowest BCUT2D eigenvalue weighted by Crippen LogP contribution is -2.26. The van der Waals surface area contributed by atoms with Gasteiger partial charge in [-0.2, -0.15) is 5.26 Å². The van der Waals surface area contributed by atoms with Crippen LogP contribution in [-0.4, -0.2) is 29.6 Å². The first kappa shape index (κ1) is 19.7. The maximum atomic E-state index is 12.5. The lowest BCUT2D eigenvalue weighted by atomic mass is 10.1. The van der Waals surface area contributed by atoms with Crippen molar-refractivity contribution in [2.45, 2.75) is 13.8 Å². The third kappa shape index (κ3) is 4.52. The van der Waals surface area contributed by atoms with Crippen molar-refractivity contribution >= 4 is 23.1 Å². The molecule has 0 saturated heterocycles. The summed E-state index contributed by atoms with van der Waals surface area (Å²) in [5.41, 5.74) is 0.532. The second-order valence-corrected chi connectivity index (χ2v) is 5.33. The molecule has 0 aliphatic rings. The summed E-state index contributed by atoms with van der Waals surface area (Å²) in [7, 11) is 0. The maximum absolute atomic E-state index is 12.5. The van der Waals surface area contributed by atoms with E-state index >= 15 is 0 Å². The van der Waals surface area contributed by atoms with Crippen LogP contribution in [0.5, 0.6) is 0 Å². The Labute approximate surface area is 155 Å². The molecular formula is C19H19N3O5. The summed E-state index contributed by atoms with van der Waals surface area (Å²) < 4.78 is 11.1. The second-order valence-electron chi connectivity index (χ2n) is 5.33. The van der Waals surface area contributed by atoms with Crippen molar-refractivity contribution in [3.05, 3.63) is 58.7 Å². The number of rotatable bonds is 7. The zero-order valence-corrected chi connectivity index (χ0v) is 15.0. The fraction of sp³-hybridized carbons (Fsp3) is 0.263. The number of hydrogen-bond donors (Lipinski definition) is 1. The van der Waals surface area contributed by atoms with Crippen LogP contribution < -0.4 is 10.9 Å². The van der Waals surface area contributed by atoms with Crippen LogP contribution in [0.3, 0.4) is 0 Å². The molecule has 0 unspecified atom stereocenters. The highest BCUT2D eigenvalue weighted by Crippen LogP contribution is 2.13. The molecule has 8 nitrogen and oxygen atoms in total. The van der Waals surface area contributed by atoms with E-state index in [4.69, 9.17) is 9.47 Å². The average Bonchev–Trinajstić information content (AvgIpc) is 2.67. The van der Waals surface area contributed by atoms with E-state index in [1.165, 1.54) is 22.7 Å². The Morgan fingerprint density at radius 1 is 1.26 bits per heavy atom. The van der Waals surface area contributed by atoms with Gasteiger partial charge in [0.2, 0.25) is 0 Å². The second kappa shape index (κ2) is 9.20. The van der Waals surface area contributed by atoms with Crippen LogP contribution in [0, 0.1) is 17.2 Å². The zero-order valence-electron chi connectivity index (χ0n) is 15.0. The Bertz CT molecular complexity index is 953. The first-order chi connectivity index (χ1) is 13.0. The van der Waals surface area contributed by atoms with Crippen molar-refractivity contribution in [1.29, 1.82) is 5.26 Å². The monoisotopic (exact) mass is 369 g/mol. The molecule has 2 heterocycles. The maximum Gasteiger partial charge on any atom is 0.324 e. The van der Waals surface area contributed by atoms with E-state index in [1.807, 2.05) is 6.07 Å². The molecule has 0 bridgehead atoms. The van der Waals surface area contributed by atoms with Crippen molar-refractivity contribution < 1.29 is 19.1 Å². The number of pyridine rings is 2. The number of fused-ring (bicyclic) bond motifs is 1. The Balaban J connectivity index is 2.31. The molecule has 0 aliphatic carbocycles. The van der Waals surface area contributed by atoms with Gasteiger partial charge in [0.15, 0.2) is 5.92 Å². The molecule has 0 saturated carbocycles. The van der Waals surface area contributed by atoms with E-state index in [9.17, 15) is 19.6 Å². The van der Waals surface area contributed by atoms with Gasteiger partial charge < -0.3 is 14.8 Å². The summed E-state index contributed by atoms with van der Waals surface area (Å²) >= 11 is 0. The summed E-state index contributed by atoms with van der Waals surface area (Å²) in [5, 5.41) is 12.0. The van der Waals surface area contributed by atoms with E-state index in [2.05, 4.69) is 5.32 Å². The first-order valence-corrected chi connectivity index (χ1v) is 8.34. The molecule has 2 aromatic heterocycles. The average molecular weight is 369 g/mol. The minimum absolute atomic E-state index is 0.119. The smallest absolute Gasteiger partial charge is 0.324 e. The number of carbonyl (C=O) groups is 2. The first-order valence-electron chi connectivity index (χ1n) is 8.34. The summed E-state index contributed by atoms with van der Waals surface area (Å²) in [6.07, 6.45) is 4.08. The number of nitrogens with one attached hydrogen (secondary N) is 1. The van der Waals surface area contributed by atoms with Gasteiger partial charge in [-0.15, -0.1) is 0 Å². The third-order valence-corrected chi connectivity index (χ3v) is 3.60. The number of hydrogen-bond acceptors (Lipinski definition) is 7. The minimum atomic E-state index is -1.25. The van der Waals surface area contributed by atoms with Crippen molar-refractivity contribution in [2.24, 2.45) is 5.92 Å². The van der Waals surface area contributed by atoms with E-state index < -0.39 is 17.9 Å². The van der Waals surface area contributed by atoms with Gasteiger partial charge in [0.05, 0.1) is 24.3 Å². The van der Waals surface area contributed by atoms with Crippen molar-refractivity contribution in [2.75, 3.05) is 18.5 Å². The number of carbonyl (C=O) groups excluding carboxylic acids is 2. The van der Waals surface area contributed by atoms with Gasteiger partial charge >= 0.3 is 11.9 Å². The van der Waals surface area contributed by atoms with E-state index in [0.29, 0.717) is 11.1 Å². The minimum Gasteiger partial charge on any atom is -0.465 e. The standard InChI is InChI=1S/C19H19N3O5/c1-3-26-18(24)14(19(25)27-4-2)8-9-21-15-11-13(12-20)16-7-5-6-10-22(16)17(15)23/h5-11,14,21H,3-4H2,1-2H3/b9-8+. The highest BCUT2D eigenvalue weighted by Gasteiger charge is 2.26. The fourth-order valence-corrected chi connectivity index (χ4v) is 2.39. The van der Waals surface area contributed by atoms with Gasteiger partial charge in [-0.3, -0.25) is 18.8 Å². The quantitative estimate of drug-likeness (QED) is 0.586. The molecule has 0 fully saturated rings. The number of anilines is 1. The summed E-state index contributed by atoms with van der Waals surface area (Å²) in [4.78, 5) is 36.4. The van der Waals surface area contributed by atoms with E-state index in [0.717, 1.165) is 0 Å². The molecular weight excluding hydrogens is 350 g/mol. The SMILES string of the molecule is CCOC(=O)C(/C=C/Nc1cc(C#N)c2ccccn2c1=O)C(=O)OCC. The number of nitrogens with zero attached hydrogens (tertiary/aromatic N) is 2. The van der Waals surface area contributed by atoms with E-state index in [-0.39, 0.29) is 24.5 Å².